The van der Waals surface area contributed by atoms with E-state index >= 15 is 0 Å². The Morgan fingerprint density at radius 2 is 1.80 bits per heavy atom. The lowest BCUT2D eigenvalue weighted by atomic mass is 10.0. The Balaban J connectivity index is 0.000000526. The van der Waals surface area contributed by atoms with E-state index in [1.54, 1.807) is 31.2 Å². The zero-order chi connectivity index (χ0) is 33.4. The van der Waals surface area contributed by atoms with Crippen LogP contribution in [0.25, 0.3) is 22.6 Å². The number of carbonyl (C=O) groups excluding carboxylic acids is 1. The molecule has 1 fully saturated rings. The second-order valence-electron chi connectivity index (χ2n) is 10.3. The smallest absolute Gasteiger partial charge is 0.406 e. The van der Waals surface area contributed by atoms with Crippen molar-refractivity contribution in [3.63, 3.8) is 0 Å². The second kappa shape index (κ2) is 15.8. The Labute approximate surface area is 270 Å². The summed E-state index contributed by atoms with van der Waals surface area (Å²) in [5.41, 5.74) is 1.42. The van der Waals surface area contributed by atoms with E-state index in [0.717, 1.165) is 25.1 Å². The predicted octanol–water partition coefficient (Wildman–Crippen LogP) is 10.2. The van der Waals surface area contributed by atoms with Crippen LogP contribution >= 0.6 is 34.8 Å². The normalized spacial score (nSPS) is 15.5. The topological polar surface area (TPSA) is 67.9 Å². The summed E-state index contributed by atoms with van der Waals surface area (Å²) in [7, 11) is 0. The number of halogens is 6. The number of aromatic nitrogens is 1. The standard InChI is InChI=1S/C23H21Cl2F3N2O3.C5H9N.C4H5Cl/c1-12-16(24)8-14(9-17(12)25)20-29-18-5-4-13(10-19(18)33-20)21(31)32-15-6-7-30(11-15)22(2,3)23(26,27)28;1-4-5(2)6-3;1-3-4(2)5/h4-5,8-10,15H,6-7,11H2,1-3H3;4H,3H2,1-2H3;3H,1-2H2/b;5-4+;. The van der Waals surface area contributed by atoms with E-state index in [1.807, 2.05) is 19.9 Å². The number of aliphatic imine (C=N–C) groups is 1. The Kier molecular flexibility index (Phi) is 13.3. The third kappa shape index (κ3) is 9.69. The lowest BCUT2D eigenvalue weighted by Gasteiger charge is -2.36. The number of benzene rings is 2. The van der Waals surface area contributed by atoms with E-state index in [2.05, 4.69) is 29.9 Å². The summed E-state index contributed by atoms with van der Waals surface area (Å²) in [6.45, 7) is 18.1. The van der Waals surface area contributed by atoms with Crippen LogP contribution in [0.4, 0.5) is 13.2 Å². The molecule has 0 amide bonds. The van der Waals surface area contributed by atoms with Gasteiger partial charge in [0.1, 0.15) is 17.2 Å². The number of allylic oxidation sites excluding steroid dienone is 4. The molecule has 1 saturated heterocycles. The molecule has 0 aliphatic carbocycles. The van der Waals surface area contributed by atoms with Crippen molar-refractivity contribution >= 4 is 58.6 Å². The van der Waals surface area contributed by atoms with Gasteiger partial charge in [-0.25, -0.2) is 9.78 Å². The zero-order valence-corrected chi connectivity index (χ0v) is 27.5. The van der Waals surface area contributed by atoms with Crippen LogP contribution in [0.3, 0.4) is 0 Å². The molecule has 4 rings (SSSR count). The molecule has 0 N–H and O–H groups in total. The first-order valence-corrected chi connectivity index (χ1v) is 14.5. The summed E-state index contributed by atoms with van der Waals surface area (Å²) >= 11 is 17.5. The molecule has 1 aliphatic heterocycles. The quantitative estimate of drug-likeness (QED) is 0.148. The maximum atomic E-state index is 13.3. The molecule has 2 aromatic carbocycles. The van der Waals surface area contributed by atoms with Gasteiger partial charge in [-0.2, -0.15) is 13.2 Å². The fraction of sp³-hybridized carbons (Fsp3) is 0.344. The van der Waals surface area contributed by atoms with Crippen LogP contribution in [-0.2, 0) is 4.74 Å². The molecule has 1 atom stereocenters. The van der Waals surface area contributed by atoms with Gasteiger partial charge < -0.3 is 9.15 Å². The number of carbonyl (C=O) groups is 1. The van der Waals surface area contributed by atoms with Crippen molar-refractivity contribution < 1.29 is 27.1 Å². The van der Waals surface area contributed by atoms with Crippen molar-refractivity contribution in [2.75, 3.05) is 13.1 Å². The van der Waals surface area contributed by atoms with Crippen LogP contribution in [0.15, 0.2) is 75.8 Å². The largest absolute Gasteiger partial charge is 0.457 e. The Morgan fingerprint density at radius 3 is 2.27 bits per heavy atom. The maximum Gasteiger partial charge on any atom is 0.406 e. The van der Waals surface area contributed by atoms with Gasteiger partial charge in [0.2, 0.25) is 5.89 Å². The summed E-state index contributed by atoms with van der Waals surface area (Å²) in [5.74, 6) is -0.340. The highest BCUT2D eigenvalue weighted by atomic mass is 35.5. The minimum Gasteiger partial charge on any atom is -0.457 e. The first kappa shape index (κ1) is 37.1. The molecule has 1 unspecified atom stereocenters. The average molecular weight is 673 g/mol. The number of nitrogens with zero attached hydrogens (tertiary/aromatic N) is 3. The minimum atomic E-state index is -4.38. The van der Waals surface area contributed by atoms with Gasteiger partial charge in [-0.05, 0) is 83.7 Å². The Hall–Kier alpha value is -3.11. The predicted molar refractivity (Wildman–Crippen MR) is 174 cm³/mol. The molecule has 3 aromatic rings. The van der Waals surface area contributed by atoms with Crippen LogP contribution in [-0.4, -0.2) is 53.5 Å². The lowest BCUT2D eigenvalue weighted by Crippen LogP contribution is -2.53. The van der Waals surface area contributed by atoms with E-state index in [1.165, 1.54) is 17.0 Å². The number of hydrogen-bond acceptors (Lipinski definition) is 6. The van der Waals surface area contributed by atoms with E-state index in [4.69, 9.17) is 44.0 Å². The maximum absolute atomic E-state index is 13.3. The molecule has 2 heterocycles. The highest BCUT2D eigenvalue weighted by Crippen LogP contribution is 2.37. The number of esters is 1. The van der Waals surface area contributed by atoms with Crippen LogP contribution < -0.4 is 0 Å². The molecule has 1 aromatic heterocycles. The van der Waals surface area contributed by atoms with Gasteiger partial charge in [0.05, 0.1) is 5.56 Å². The van der Waals surface area contributed by atoms with Gasteiger partial charge in [0, 0.05) is 39.4 Å². The summed E-state index contributed by atoms with van der Waals surface area (Å²) < 4.78 is 51.2. The van der Waals surface area contributed by atoms with Crippen molar-refractivity contribution in [2.45, 2.75) is 58.9 Å². The Morgan fingerprint density at radius 1 is 1.20 bits per heavy atom. The van der Waals surface area contributed by atoms with Gasteiger partial charge in [0.15, 0.2) is 5.58 Å². The van der Waals surface area contributed by atoms with Crippen molar-refractivity contribution in [3.8, 4) is 11.5 Å². The first-order chi connectivity index (χ1) is 20.4. The van der Waals surface area contributed by atoms with Crippen LogP contribution in [0.2, 0.25) is 10.0 Å². The van der Waals surface area contributed by atoms with E-state index < -0.39 is 23.8 Å². The number of hydrogen-bond donors (Lipinski definition) is 0. The molecule has 0 bridgehead atoms. The second-order valence-corrected chi connectivity index (χ2v) is 11.6. The number of likely N-dealkylation sites (tertiary alicyclic amines) is 1. The van der Waals surface area contributed by atoms with E-state index in [-0.39, 0.29) is 18.7 Å². The molecule has 44 heavy (non-hydrogen) atoms. The highest BCUT2D eigenvalue weighted by Gasteiger charge is 2.53. The number of rotatable bonds is 6. The fourth-order valence-electron chi connectivity index (χ4n) is 3.77. The monoisotopic (exact) mass is 671 g/mol. The number of ether oxygens (including phenoxy) is 1. The molecule has 0 saturated carbocycles. The molecule has 12 heteroatoms. The molecule has 238 valence electrons. The fourth-order valence-corrected chi connectivity index (χ4v) is 4.25. The third-order valence-corrected chi connectivity index (χ3v) is 7.88. The minimum absolute atomic E-state index is 0.0158. The number of fused-ring (bicyclic) bond motifs is 1. The highest BCUT2D eigenvalue weighted by molar-refractivity contribution is 6.36. The van der Waals surface area contributed by atoms with Crippen LogP contribution in [0.5, 0.6) is 0 Å². The summed E-state index contributed by atoms with van der Waals surface area (Å²) in [4.78, 5) is 22.0. The van der Waals surface area contributed by atoms with Gasteiger partial charge in [0.25, 0.3) is 0 Å². The summed E-state index contributed by atoms with van der Waals surface area (Å²) in [6, 6.07) is 8.04. The van der Waals surface area contributed by atoms with Crippen molar-refractivity contribution in [2.24, 2.45) is 4.99 Å². The van der Waals surface area contributed by atoms with Gasteiger partial charge in [-0.3, -0.25) is 9.89 Å². The van der Waals surface area contributed by atoms with Crippen LogP contribution in [0.1, 0.15) is 50.0 Å². The molecule has 6 nitrogen and oxygen atoms in total. The number of oxazole rings is 1. The van der Waals surface area contributed by atoms with Crippen molar-refractivity contribution in [1.82, 2.24) is 9.88 Å². The van der Waals surface area contributed by atoms with Crippen LogP contribution in [0, 0.1) is 6.92 Å². The first-order valence-electron chi connectivity index (χ1n) is 13.4. The lowest BCUT2D eigenvalue weighted by molar-refractivity contribution is -0.218. The van der Waals surface area contributed by atoms with Crippen molar-refractivity contribution in [3.05, 3.63) is 87.5 Å². The Bertz CT molecular complexity index is 1520. The summed E-state index contributed by atoms with van der Waals surface area (Å²) in [6.07, 6.45) is -1.28. The van der Waals surface area contributed by atoms with Crippen molar-refractivity contribution in [1.29, 1.82) is 0 Å². The molecule has 0 radical (unpaired) electrons. The zero-order valence-electron chi connectivity index (χ0n) is 25.2. The molecule has 0 spiro atoms. The average Bonchev–Trinajstić information content (AvgIpc) is 3.62. The molecular weight excluding hydrogens is 638 g/mol. The number of alkyl halides is 3. The van der Waals surface area contributed by atoms with E-state index in [9.17, 15) is 18.0 Å². The van der Waals surface area contributed by atoms with Gasteiger partial charge in [-0.1, -0.05) is 60.1 Å². The third-order valence-electron chi connectivity index (χ3n) is 6.94. The molecular formula is C32H35Cl3F3N3O3. The van der Waals surface area contributed by atoms with E-state index in [0.29, 0.717) is 44.1 Å². The van der Waals surface area contributed by atoms with Gasteiger partial charge >= 0.3 is 12.1 Å². The van der Waals surface area contributed by atoms with Gasteiger partial charge in [-0.15, -0.1) is 0 Å². The summed E-state index contributed by atoms with van der Waals surface area (Å²) in [5, 5.41) is 1.44. The SMILES string of the molecule is C=CC(=C)Cl.C=N/C(C)=C/C.Cc1c(Cl)cc(-c2nc3ccc(C(=O)OC4CCN(C(C)(C)C(F)(F)F)C4)cc3o2)cc1Cl. The molecule has 1 aliphatic rings.